The number of hydrogen-bond donors (Lipinski definition) is 2. The summed E-state index contributed by atoms with van der Waals surface area (Å²) in [7, 11) is -7.70. The lowest BCUT2D eigenvalue weighted by Gasteiger charge is -2.20. The molecule has 0 spiro atoms. The van der Waals surface area contributed by atoms with Crippen molar-refractivity contribution in [3.8, 4) is 0 Å². The lowest BCUT2D eigenvalue weighted by atomic mass is 10.2. The highest BCUT2D eigenvalue weighted by Crippen LogP contribution is 2.26. The Morgan fingerprint density at radius 2 is 1.47 bits per heavy atom. The SMILES string of the molecule is O=C(Nc1ccc(S(=O)(=O)Nc2ncccn2)cc1)c1cc(S(=O)(=O)N2CCCCCC2)ccc1Cl. The third kappa shape index (κ3) is 6.01. The molecule has 0 bridgehead atoms. The second kappa shape index (κ2) is 10.9. The Hall–Kier alpha value is -3.06. The molecule has 0 atom stereocenters. The van der Waals surface area contributed by atoms with Crippen LogP contribution in [0.2, 0.25) is 5.02 Å². The summed E-state index contributed by atoms with van der Waals surface area (Å²) in [5.74, 6) is -0.695. The van der Waals surface area contributed by atoms with Crippen LogP contribution >= 0.6 is 11.6 Å². The Kier molecular flexibility index (Phi) is 7.88. The van der Waals surface area contributed by atoms with E-state index in [1.807, 2.05) is 0 Å². The van der Waals surface area contributed by atoms with E-state index in [1.54, 1.807) is 6.07 Å². The average molecular weight is 550 g/mol. The van der Waals surface area contributed by atoms with E-state index in [2.05, 4.69) is 20.0 Å². The number of benzene rings is 2. The Labute approximate surface area is 214 Å². The van der Waals surface area contributed by atoms with Gasteiger partial charge in [0.05, 0.1) is 20.4 Å². The molecule has 2 aromatic carbocycles. The summed E-state index contributed by atoms with van der Waals surface area (Å²) < 4.78 is 55.0. The van der Waals surface area contributed by atoms with E-state index < -0.39 is 26.0 Å². The largest absolute Gasteiger partial charge is 0.322 e. The van der Waals surface area contributed by atoms with Crippen LogP contribution in [-0.4, -0.2) is 50.1 Å². The van der Waals surface area contributed by atoms with E-state index in [0.717, 1.165) is 25.7 Å². The molecule has 13 heteroatoms. The molecule has 1 aromatic heterocycles. The number of nitrogens with zero attached hydrogens (tertiary/aromatic N) is 3. The van der Waals surface area contributed by atoms with E-state index in [0.29, 0.717) is 18.8 Å². The number of carbonyl (C=O) groups excluding carboxylic acids is 1. The van der Waals surface area contributed by atoms with Crippen molar-refractivity contribution in [2.45, 2.75) is 35.5 Å². The van der Waals surface area contributed by atoms with E-state index in [4.69, 9.17) is 11.6 Å². The summed E-state index contributed by atoms with van der Waals surface area (Å²) in [6.07, 6.45) is 6.36. The van der Waals surface area contributed by atoms with E-state index >= 15 is 0 Å². The van der Waals surface area contributed by atoms with Gasteiger partial charge in [0.25, 0.3) is 15.9 Å². The van der Waals surface area contributed by atoms with Crippen molar-refractivity contribution >= 4 is 49.2 Å². The van der Waals surface area contributed by atoms with Crippen molar-refractivity contribution in [1.29, 1.82) is 0 Å². The smallest absolute Gasteiger partial charge is 0.264 e. The van der Waals surface area contributed by atoms with Crippen molar-refractivity contribution in [3.05, 3.63) is 71.5 Å². The van der Waals surface area contributed by atoms with E-state index in [9.17, 15) is 21.6 Å². The van der Waals surface area contributed by atoms with Crippen LogP contribution in [0.5, 0.6) is 0 Å². The summed E-state index contributed by atoms with van der Waals surface area (Å²) >= 11 is 6.21. The maximum atomic E-state index is 13.1. The number of nitrogens with one attached hydrogen (secondary N) is 2. The van der Waals surface area contributed by atoms with Gasteiger partial charge in [-0.3, -0.25) is 4.79 Å². The highest BCUT2D eigenvalue weighted by atomic mass is 35.5. The predicted octanol–water partition coefficient (Wildman–Crippen LogP) is 3.75. The zero-order chi connectivity index (χ0) is 25.8. The first-order valence-electron chi connectivity index (χ1n) is 11.2. The van der Waals surface area contributed by atoms with Crippen LogP contribution in [0.1, 0.15) is 36.0 Å². The minimum atomic E-state index is -3.93. The van der Waals surface area contributed by atoms with Gasteiger partial charge in [-0.25, -0.2) is 31.5 Å². The average Bonchev–Trinajstić information content (AvgIpc) is 3.15. The molecule has 10 nitrogen and oxygen atoms in total. The molecule has 2 heterocycles. The molecule has 190 valence electrons. The molecule has 1 aliphatic rings. The van der Waals surface area contributed by atoms with Gasteiger partial charge in [0.15, 0.2) is 0 Å². The van der Waals surface area contributed by atoms with Crippen LogP contribution in [0.15, 0.2) is 70.7 Å². The molecule has 2 N–H and O–H groups in total. The van der Waals surface area contributed by atoms with Crippen LogP contribution in [-0.2, 0) is 20.0 Å². The molecule has 36 heavy (non-hydrogen) atoms. The van der Waals surface area contributed by atoms with Crippen LogP contribution < -0.4 is 10.0 Å². The highest BCUT2D eigenvalue weighted by molar-refractivity contribution is 7.92. The zero-order valence-electron chi connectivity index (χ0n) is 19.1. The molecule has 0 saturated carbocycles. The third-order valence-electron chi connectivity index (χ3n) is 5.60. The molecule has 1 saturated heterocycles. The number of anilines is 2. The van der Waals surface area contributed by atoms with Crippen LogP contribution in [0.25, 0.3) is 0 Å². The van der Waals surface area contributed by atoms with Crippen LogP contribution in [0.3, 0.4) is 0 Å². The van der Waals surface area contributed by atoms with Gasteiger partial charge < -0.3 is 5.32 Å². The Morgan fingerprint density at radius 3 is 2.11 bits per heavy atom. The molecule has 3 aromatic rings. The fourth-order valence-electron chi connectivity index (χ4n) is 3.72. The molecule has 0 radical (unpaired) electrons. The molecule has 1 fully saturated rings. The number of sulfonamides is 2. The topological polar surface area (TPSA) is 138 Å². The Morgan fingerprint density at radius 1 is 0.861 bits per heavy atom. The summed E-state index contributed by atoms with van der Waals surface area (Å²) in [6.45, 7) is 0.875. The van der Waals surface area contributed by atoms with Crippen molar-refractivity contribution < 1.29 is 21.6 Å². The lowest BCUT2D eigenvalue weighted by Crippen LogP contribution is -2.32. The van der Waals surface area contributed by atoms with Gasteiger partial charge in [-0.2, -0.15) is 4.31 Å². The normalized spacial score (nSPS) is 15.1. The molecule has 0 unspecified atom stereocenters. The second-order valence-corrected chi connectivity index (χ2v) is 12.1. The standard InChI is InChI=1S/C23H24ClN5O5S2/c24-21-11-10-19(36(33,34)29-14-3-1-2-4-15-29)16-20(21)22(30)27-17-6-8-18(9-7-17)35(31,32)28-23-25-12-5-13-26-23/h5-13,16H,1-4,14-15H2,(H,27,30)(H,25,26,28). The van der Waals surface area contributed by atoms with Gasteiger partial charge in [-0.15, -0.1) is 0 Å². The van der Waals surface area contributed by atoms with Crippen LogP contribution in [0.4, 0.5) is 11.6 Å². The van der Waals surface area contributed by atoms with Gasteiger partial charge >= 0.3 is 0 Å². The van der Waals surface area contributed by atoms with Gasteiger partial charge in [-0.05, 0) is 61.4 Å². The van der Waals surface area contributed by atoms with Crippen molar-refractivity contribution in [3.63, 3.8) is 0 Å². The maximum absolute atomic E-state index is 13.1. The molecular weight excluding hydrogens is 526 g/mol. The lowest BCUT2D eigenvalue weighted by molar-refractivity contribution is 0.102. The predicted molar refractivity (Wildman–Crippen MR) is 136 cm³/mol. The number of rotatable bonds is 7. The second-order valence-electron chi connectivity index (χ2n) is 8.12. The first-order chi connectivity index (χ1) is 17.2. The highest BCUT2D eigenvalue weighted by Gasteiger charge is 2.27. The van der Waals surface area contributed by atoms with Crippen LogP contribution in [0, 0.1) is 0 Å². The summed E-state index contributed by atoms with van der Waals surface area (Å²) in [5, 5.41) is 2.72. The Bertz CT molecular complexity index is 1440. The number of hydrogen-bond acceptors (Lipinski definition) is 7. The zero-order valence-corrected chi connectivity index (χ0v) is 21.5. The summed E-state index contributed by atoms with van der Waals surface area (Å²) in [4.78, 5) is 20.5. The quantitative estimate of drug-likeness (QED) is 0.457. The molecular formula is C23H24ClN5O5S2. The fourth-order valence-corrected chi connectivity index (χ4v) is 6.42. The van der Waals surface area contributed by atoms with E-state index in [-0.39, 0.29) is 26.3 Å². The third-order valence-corrected chi connectivity index (χ3v) is 9.17. The van der Waals surface area contributed by atoms with Crippen molar-refractivity contribution in [2.75, 3.05) is 23.1 Å². The van der Waals surface area contributed by atoms with Gasteiger partial charge in [0, 0.05) is 31.2 Å². The Balaban J connectivity index is 1.50. The number of carbonyl (C=O) groups is 1. The fraction of sp³-hybridized carbons (Fsp3) is 0.261. The van der Waals surface area contributed by atoms with Crippen molar-refractivity contribution in [1.82, 2.24) is 14.3 Å². The van der Waals surface area contributed by atoms with E-state index in [1.165, 1.54) is 59.2 Å². The van der Waals surface area contributed by atoms with Crippen molar-refractivity contribution in [2.24, 2.45) is 0 Å². The first-order valence-corrected chi connectivity index (χ1v) is 14.5. The molecule has 4 rings (SSSR count). The number of aromatic nitrogens is 2. The molecule has 1 aliphatic heterocycles. The first kappa shape index (κ1) is 26.0. The van der Waals surface area contributed by atoms with Gasteiger partial charge in [-0.1, -0.05) is 24.4 Å². The number of halogens is 1. The minimum Gasteiger partial charge on any atom is -0.322 e. The molecule has 0 aliphatic carbocycles. The monoisotopic (exact) mass is 549 g/mol. The summed E-state index contributed by atoms with van der Waals surface area (Å²) in [6, 6.07) is 11.0. The minimum absolute atomic E-state index is 0.00500. The van der Waals surface area contributed by atoms with Gasteiger partial charge in [0.2, 0.25) is 16.0 Å². The molecule has 1 amide bonds. The number of amides is 1. The maximum Gasteiger partial charge on any atom is 0.264 e. The van der Waals surface area contributed by atoms with Gasteiger partial charge in [0.1, 0.15) is 0 Å². The summed E-state index contributed by atoms with van der Waals surface area (Å²) in [5.41, 5.74) is 0.291.